The van der Waals surface area contributed by atoms with Crippen molar-refractivity contribution in [3.05, 3.63) is 69.8 Å². The molecule has 2 N–H and O–H groups in total. The molecule has 1 aromatic heterocycles. The van der Waals surface area contributed by atoms with Gasteiger partial charge < -0.3 is 10.4 Å². The summed E-state index contributed by atoms with van der Waals surface area (Å²) in [6.07, 6.45) is -0.817. The van der Waals surface area contributed by atoms with Crippen LogP contribution in [0.15, 0.2) is 48.5 Å². The van der Waals surface area contributed by atoms with Crippen LogP contribution in [0.1, 0.15) is 21.3 Å². The molecule has 1 heterocycles. The van der Waals surface area contributed by atoms with E-state index in [1.54, 1.807) is 36.4 Å². The first kappa shape index (κ1) is 15.9. The van der Waals surface area contributed by atoms with Crippen molar-refractivity contribution in [2.45, 2.75) is 6.10 Å². The van der Waals surface area contributed by atoms with Crippen molar-refractivity contribution in [2.75, 3.05) is 6.54 Å². The maximum absolute atomic E-state index is 13.2. The highest BCUT2D eigenvalue weighted by atomic mass is 35.5. The summed E-state index contributed by atoms with van der Waals surface area (Å²) in [5.74, 6) is -0.625. The number of nitrogens with one attached hydrogen (secondary N) is 1. The fraction of sp³-hybridized carbons (Fsp3) is 0.118. The first-order valence-corrected chi connectivity index (χ1v) is 8.13. The number of benzene rings is 2. The Labute approximate surface area is 141 Å². The second-order valence-electron chi connectivity index (χ2n) is 5.07. The zero-order chi connectivity index (χ0) is 16.4. The number of carbonyl (C=O) groups excluding carboxylic acids is 1. The molecular weight excluding hydrogens is 337 g/mol. The number of halogens is 2. The molecule has 0 aliphatic rings. The minimum Gasteiger partial charge on any atom is -0.387 e. The van der Waals surface area contributed by atoms with E-state index < -0.39 is 6.10 Å². The maximum atomic E-state index is 13.2. The van der Waals surface area contributed by atoms with Crippen molar-refractivity contribution in [3.63, 3.8) is 0 Å². The van der Waals surface area contributed by atoms with Gasteiger partial charge in [-0.05, 0) is 47.3 Å². The van der Waals surface area contributed by atoms with Crippen molar-refractivity contribution in [2.24, 2.45) is 0 Å². The van der Waals surface area contributed by atoms with Crippen LogP contribution in [0.3, 0.4) is 0 Å². The highest BCUT2D eigenvalue weighted by molar-refractivity contribution is 7.20. The second-order valence-corrected chi connectivity index (χ2v) is 6.59. The lowest BCUT2D eigenvalue weighted by Crippen LogP contribution is -2.27. The van der Waals surface area contributed by atoms with Gasteiger partial charge in [-0.15, -0.1) is 11.3 Å². The van der Waals surface area contributed by atoms with E-state index in [1.807, 2.05) is 0 Å². The number of aliphatic hydroxyl groups excluding tert-OH is 1. The molecule has 0 saturated heterocycles. The number of aliphatic hydroxyl groups is 1. The van der Waals surface area contributed by atoms with Gasteiger partial charge >= 0.3 is 0 Å². The van der Waals surface area contributed by atoms with Crippen LogP contribution in [0.25, 0.3) is 10.1 Å². The Kier molecular flexibility index (Phi) is 4.61. The third-order valence-electron chi connectivity index (χ3n) is 3.41. The van der Waals surface area contributed by atoms with Crippen LogP contribution in [-0.4, -0.2) is 17.6 Å². The van der Waals surface area contributed by atoms with Crippen molar-refractivity contribution in [1.29, 1.82) is 0 Å². The normalized spacial score (nSPS) is 12.3. The second kappa shape index (κ2) is 6.66. The lowest BCUT2D eigenvalue weighted by molar-refractivity contribution is 0.0920. The van der Waals surface area contributed by atoms with Crippen LogP contribution >= 0.6 is 22.9 Å². The van der Waals surface area contributed by atoms with E-state index >= 15 is 0 Å². The molecule has 0 bridgehead atoms. The Morgan fingerprint density at radius 2 is 1.96 bits per heavy atom. The van der Waals surface area contributed by atoms with Gasteiger partial charge in [-0.2, -0.15) is 0 Å². The summed E-state index contributed by atoms with van der Waals surface area (Å²) in [7, 11) is 0. The van der Waals surface area contributed by atoms with Gasteiger partial charge in [-0.1, -0.05) is 23.7 Å². The summed E-state index contributed by atoms with van der Waals surface area (Å²) >= 11 is 7.08. The molecule has 0 radical (unpaired) electrons. The predicted octanol–water partition coefficient (Wildman–Crippen LogP) is 4.16. The van der Waals surface area contributed by atoms with E-state index in [9.17, 15) is 14.3 Å². The number of thiophene rings is 1. The van der Waals surface area contributed by atoms with Gasteiger partial charge in [-0.3, -0.25) is 4.79 Å². The van der Waals surface area contributed by atoms with Crippen LogP contribution in [0.4, 0.5) is 4.39 Å². The molecule has 0 aliphatic heterocycles. The SMILES string of the molecule is O=C(NCC(O)c1ccc(Cl)cc1)c1cc2cc(F)ccc2s1. The summed E-state index contributed by atoms with van der Waals surface area (Å²) in [5.41, 5.74) is 0.674. The van der Waals surface area contributed by atoms with Gasteiger partial charge in [0.25, 0.3) is 5.91 Å². The Bertz CT molecular complexity index is 847. The van der Waals surface area contributed by atoms with Crippen molar-refractivity contribution in [3.8, 4) is 0 Å². The van der Waals surface area contributed by atoms with E-state index in [2.05, 4.69) is 5.32 Å². The van der Waals surface area contributed by atoms with E-state index in [4.69, 9.17) is 11.6 Å². The predicted molar refractivity (Wildman–Crippen MR) is 90.5 cm³/mol. The molecule has 0 spiro atoms. The number of hydrogen-bond donors (Lipinski definition) is 2. The Morgan fingerprint density at radius 1 is 1.22 bits per heavy atom. The summed E-state index contributed by atoms with van der Waals surface area (Å²) in [5, 5.41) is 14.0. The van der Waals surface area contributed by atoms with Crippen LogP contribution in [0.5, 0.6) is 0 Å². The van der Waals surface area contributed by atoms with E-state index in [-0.39, 0.29) is 18.3 Å². The van der Waals surface area contributed by atoms with E-state index in [0.29, 0.717) is 20.8 Å². The maximum Gasteiger partial charge on any atom is 0.261 e. The highest BCUT2D eigenvalue weighted by Gasteiger charge is 2.13. The molecule has 3 rings (SSSR count). The molecule has 1 atom stereocenters. The molecule has 1 unspecified atom stereocenters. The largest absolute Gasteiger partial charge is 0.387 e. The number of fused-ring (bicyclic) bond motifs is 1. The Balaban J connectivity index is 1.67. The first-order chi connectivity index (χ1) is 11.0. The van der Waals surface area contributed by atoms with Crippen LogP contribution in [0.2, 0.25) is 5.02 Å². The minimum atomic E-state index is -0.817. The molecule has 23 heavy (non-hydrogen) atoms. The average molecular weight is 350 g/mol. The molecule has 2 aromatic carbocycles. The smallest absolute Gasteiger partial charge is 0.261 e. The highest BCUT2D eigenvalue weighted by Crippen LogP contribution is 2.26. The third kappa shape index (κ3) is 3.69. The zero-order valence-electron chi connectivity index (χ0n) is 11.9. The molecule has 0 aliphatic carbocycles. The van der Waals surface area contributed by atoms with E-state index in [1.165, 1.54) is 23.5 Å². The number of carbonyl (C=O) groups is 1. The molecule has 3 nitrogen and oxygen atoms in total. The summed E-state index contributed by atoms with van der Waals surface area (Å²) < 4.78 is 14.0. The van der Waals surface area contributed by atoms with Gasteiger partial charge in [-0.25, -0.2) is 4.39 Å². The van der Waals surface area contributed by atoms with Gasteiger partial charge in [0.05, 0.1) is 11.0 Å². The number of hydrogen-bond acceptors (Lipinski definition) is 3. The number of amides is 1. The number of rotatable bonds is 4. The molecule has 6 heteroatoms. The molecule has 3 aromatic rings. The lowest BCUT2D eigenvalue weighted by atomic mass is 10.1. The minimum absolute atomic E-state index is 0.0864. The van der Waals surface area contributed by atoms with Gasteiger partial charge in [0.1, 0.15) is 5.82 Å². The third-order valence-corrected chi connectivity index (χ3v) is 4.78. The molecular formula is C17H13ClFNO2S. The van der Waals surface area contributed by atoms with Crippen molar-refractivity contribution in [1.82, 2.24) is 5.32 Å². The Morgan fingerprint density at radius 3 is 2.70 bits per heavy atom. The Hall–Kier alpha value is -1.95. The lowest BCUT2D eigenvalue weighted by Gasteiger charge is -2.11. The zero-order valence-corrected chi connectivity index (χ0v) is 13.5. The fourth-order valence-corrected chi connectivity index (χ4v) is 3.29. The van der Waals surface area contributed by atoms with Gasteiger partial charge in [0.15, 0.2) is 0 Å². The summed E-state index contributed by atoms with van der Waals surface area (Å²) in [6, 6.07) is 12.8. The molecule has 1 amide bonds. The average Bonchev–Trinajstić information content (AvgIpc) is 2.96. The molecule has 0 fully saturated rings. The van der Waals surface area contributed by atoms with Gasteiger partial charge in [0.2, 0.25) is 0 Å². The molecule has 118 valence electrons. The summed E-state index contributed by atoms with van der Waals surface area (Å²) in [6.45, 7) is 0.0864. The molecule has 0 saturated carbocycles. The standard InChI is InChI=1S/C17H13ClFNO2S/c18-12-3-1-10(2-4-12)14(21)9-20-17(22)16-8-11-7-13(19)5-6-15(11)23-16/h1-8,14,21H,9H2,(H,20,22). The quantitative estimate of drug-likeness (QED) is 0.743. The topological polar surface area (TPSA) is 49.3 Å². The van der Waals surface area contributed by atoms with Crippen LogP contribution < -0.4 is 5.32 Å². The fourth-order valence-electron chi connectivity index (χ4n) is 2.21. The van der Waals surface area contributed by atoms with Gasteiger partial charge in [0, 0.05) is 16.3 Å². The van der Waals surface area contributed by atoms with E-state index in [0.717, 1.165) is 4.70 Å². The first-order valence-electron chi connectivity index (χ1n) is 6.94. The summed E-state index contributed by atoms with van der Waals surface area (Å²) in [4.78, 5) is 12.6. The van der Waals surface area contributed by atoms with Crippen LogP contribution in [0, 0.1) is 5.82 Å². The monoisotopic (exact) mass is 349 g/mol. The van der Waals surface area contributed by atoms with Crippen molar-refractivity contribution >= 4 is 38.9 Å². The van der Waals surface area contributed by atoms with Crippen LogP contribution in [-0.2, 0) is 0 Å². The van der Waals surface area contributed by atoms with Crippen molar-refractivity contribution < 1.29 is 14.3 Å².